The van der Waals surface area contributed by atoms with Crippen LogP contribution in [0.25, 0.3) is 0 Å². The Balaban J connectivity index is 1.90. The Labute approximate surface area is 155 Å². The summed E-state index contributed by atoms with van der Waals surface area (Å²) in [6.45, 7) is -0.0187. The van der Waals surface area contributed by atoms with E-state index in [2.05, 4.69) is 0 Å². The summed E-state index contributed by atoms with van der Waals surface area (Å²) in [6, 6.07) is 7.70. The lowest BCUT2D eigenvalue weighted by Crippen LogP contribution is -2.72. The molecule has 2 aliphatic heterocycles. The predicted molar refractivity (Wildman–Crippen MR) is 89.0 cm³/mol. The van der Waals surface area contributed by atoms with Gasteiger partial charge in [-0.05, 0) is 11.6 Å². The van der Waals surface area contributed by atoms with Gasteiger partial charge >= 0.3 is 12.1 Å². The van der Waals surface area contributed by atoms with Crippen LogP contribution in [-0.4, -0.2) is 62.2 Å². The SMILES string of the molecule is COC(=O)C1=C[C@@H]2ON(C(=O)OCc3ccccc3)[C@H]1C(OC)(OC)C2=O. The molecule has 9 heteroatoms. The van der Waals surface area contributed by atoms with Crippen LogP contribution >= 0.6 is 0 Å². The number of hydrogen-bond acceptors (Lipinski definition) is 8. The van der Waals surface area contributed by atoms with E-state index >= 15 is 0 Å². The van der Waals surface area contributed by atoms with Crippen LogP contribution in [0.3, 0.4) is 0 Å². The van der Waals surface area contributed by atoms with Crippen LogP contribution in [0.15, 0.2) is 42.0 Å². The molecule has 0 radical (unpaired) electrons. The van der Waals surface area contributed by atoms with E-state index in [0.717, 1.165) is 10.6 Å². The van der Waals surface area contributed by atoms with E-state index in [0.29, 0.717) is 0 Å². The molecule has 1 aromatic carbocycles. The van der Waals surface area contributed by atoms with Gasteiger partial charge in [-0.3, -0.25) is 9.63 Å². The van der Waals surface area contributed by atoms with Crippen molar-refractivity contribution in [3.63, 3.8) is 0 Å². The van der Waals surface area contributed by atoms with Crippen molar-refractivity contribution in [1.82, 2.24) is 5.06 Å². The summed E-state index contributed by atoms with van der Waals surface area (Å²) in [5, 5.41) is 0.786. The molecule has 1 aromatic rings. The second-order valence-electron chi connectivity index (χ2n) is 5.85. The number of nitrogens with zero attached hydrogens (tertiary/aromatic N) is 1. The highest BCUT2D eigenvalue weighted by Gasteiger charge is 2.64. The Kier molecular flexibility index (Phi) is 5.26. The van der Waals surface area contributed by atoms with Crippen LogP contribution in [0, 0.1) is 0 Å². The van der Waals surface area contributed by atoms with E-state index in [1.54, 1.807) is 24.3 Å². The zero-order valence-corrected chi connectivity index (χ0v) is 15.0. The minimum Gasteiger partial charge on any atom is -0.466 e. The number of hydroxylamine groups is 2. The molecule has 0 aromatic heterocycles. The van der Waals surface area contributed by atoms with Gasteiger partial charge < -0.3 is 18.9 Å². The van der Waals surface area contributed by atoms with Gasteiger partial charge in [-0.15, -0.1) is 0 Å². The van der Waals surface area contributed by atoms with Gasteiger partial charge in [-0.2, -0.15) is 5.06 Å². The Morgan fingerprint density at radius 3 is 2.41 bits per heavy atom. The van der Waals surface area contributed by atoms with Crippen LogP contribution in [0.4, 0.5) is 4.79 Å². The fourth-order valence-corrected chi connectivity index (χ4v) is 3.15. The number of methoxy groups -OCH3 is 3. The highest BCUT2D eigenvalue weighted by atomic mass is 16.8. The summed E-state index contributed by atoms with van der Waals surface area (Å²) in [5.74, 6) is -3.22. The maximum Gasteiger partial charge on any atom is 0.435 e. The van der Waals surface area contributed by atoms with Crippen molar-refractivity contribution in [2.24, 2.45) is 0 Å². The van der Waals surface area contributed by atoms with Gasteiger partial charge in [0.2, 0.25) is 5.78 Å². The summed E-state index contributed by atoms with van der Waals surface area (Å²) in [7, 11) is 3.67. The molecule has 4 rings (SSSR count). The first-order valence-corrected chi connectivity index (χ1v) is 8.09. The number of amides is 1. The largest absolute Gasteiger partial charge is 0.466 e. The average Bonchev–Trinajstić information content (AvgIpc) is 2.72. The molecule has 0 N–H and O–H groups in total. The topological polar surface area (TPSA) is 101 Å². The Morgan fingerprint density at radius 1 is 1.15 bits per heavy atom. The number of hydrogen-bond donors (Lipinski definition) is 0. The van der Waals surface area contributed by atoms with Crippen LogP contribution in [0.1, 0.15) is 5.56 Å². The van der Waals surface area contributed by atoms with Crippen LogP contribution in [0.2, 0.25) is 0 Å². The number of fused-ring (bicyclic) bond motifs is 2. The first-order chi connectivity index (χ1) is 13.0. The van der Waals surface area contributed by atoms with E-state index < -0.39 is 35.8 Å². The summed E-state index contributed by atoms with van der Waals surface area (Å²) in [6.07, 6.45) is -0.863. The van der Waals surface area contributed by atoms with Gasteiger partial charge in [0, 0.05) is 14.2 Å². The van der Waals surface area contributed by atoms with Gasteiger partial charge in [-0.25, -0.2) is 9.59 Å². The first-order valence-electron chi connectivity index (χ1n) is 8.09. The molecule has 27 heavy (non-hydrogen) atoms. The van der Waals surface area contributed by atoms with Crippen molar-refractivity contribution in [2.75, 3.05) is 21.3 Å². The van der Waals surface area contributed by atoms with Crippen LogP contribution in [-0.2, 0) is 40.0 Å². The standard InChI is InChI=1S/C18H19NO8/c1-23-16(21)12-9-13-15(20)18(24-2,25-3)14(12)19(27-13)17(22)26-10-11-7-5-4-6-8-11/h4-9,13-14H,10H2,1-3H3/t13-,14+/m0/s1. The van der Waals surface area contributed by atoms with Gasteiger partial charge in [-0.1, -0.05) is 30.3 Å². The minimum atomic E-state index is -1.91. The number of ketones is 1. The number of rotatable bonds is 5. The summed E-state index contributed by atoms with van der Waals surface area (Å²) < 4.78 is 20.6. The van der Waals surface area contributed by atoms with Crippen molar-refractivity contribution < 1.29 is 38.2 Å². The maximum absolute atomic E-state index is 12.6. The molecule has 1 aliphatic carbocycles. The van der Waals surface area contributed by atoms with E-state index in [1.165, 1.54) is 27.4 Å². The van der Waals surface area contributed by atoms with E-state index in [-0.39, 0.29) is 12.2 Å². The van der Waals surface area contributed by atoms with E-state index in [1.807, 2.05) is 6.07 Å². The van der Waals surface area contributed by atoms with Gasteiger partial charge in [0.25, 0.3) is 5.79 Å². The molecule has 1 amide bonds. The number of carbonyl (C=O) groups excluding carboxylic acids is 3. The Bertz CT molecular complexity index is 771. The third-order valence-electron chi connectivity index (χ3n) is 4.46. The fraction of sp³-hybridized carbons (Fsp3) is 0.389. The summed E-state index contributed by atoms with van der Waals surface area (Å²) in [5.41, 5.74) is 0.770. The molecule has 0 spiro atoms. The van der Waals surface area contributed by atoms with E-state index in [4.69, 9.17) is 23.8 Å². The number of Topliss-reactive ketones (excluding diaryl/α,β-unsaturated/α-hetero) is 1. The van der Waals surface area contributed by atoms with Gasteiger partial charge in [0.1, 0.15) is 6.61 Å². The zero-order valence-electron chi connectivity index (χ0n) is 15.0. The van der Waals surface area contributed by atoms with Crippen molar-refractivity contribution in [3.8, 4) is 0 Å². The third kappa shape index (κ3) is 3.09. The number of esters is 1. The van der Waals surface area contributed by atoms with Crippen molar-refractivity contribution >= 4 is 17.8 Å². The molecular formula is C18H19NO8. The maximum atomic E-state index is 12.6. The molecule has 0 saturated carbocycles. The summed E-state index contributed by atoms with van der Waals surface area (Å²) in [4.78, 5) is 42.8. The Morgan fingerprint density at radius 2 is 1.81 bits per heavy atom. The lowest BCUT2D eigenvalue weighted by molar-refractivity contribution is -0.309. The summed E-state index contributed by atoms with van der Waals surface area (Å²) >= 11 is 0. The predicted octanol–water partition coefficient (Wildman–Crippen LogP) is 0.979. The van der Waals surface area contributed by atoms with Crippen molar-refractivity contribution in [1.29, 1.82) is 0 Å². The fourth-order valence-electron chi connectivity index (χ4n) is 3.15. The molecule has 2 atom stereocenters. The first kappa shape index (κ1) is 19.0. The molecule has 9 nitrogen and oxygen atoms in total. The highest BCUT2D eigenvalue weighted by molar-refractivity contribution is 6.02. The number of benzene rings is 1. The van der Waals surface area contributed by atoms with Crippen molar-refractivity contribution in [3.05, 3.63) is 47.5 Å². The molecule has 2 heterocycles. The minimum absolute atomic E-state index is 0.00807. The Hall–Kier alpha value is -2.75. The molecule has 144 valence electrons. The monoisotopic (exact) mass is 377 g/mol. The molecule has 3 aliphatic rings. The normalized spacial score (nSPS) is 23.0. The smallest absolute Gasteiger partial charge is 0.435 e. The zero-order chi connectivity index (χ0) is 19.6. The second kappa shape index (κ2) is 7.47. The van der Waals surface area contributed by atoms with Gasteiger partial charge in [0.15, 0.2) is 12.1 Å². The average molecular weight is 377 g/mol. The number of ether oxygens (including phenoxy) is 4. The van der Waals surface area contributed by atoms with E-state index in [9.17, 15) is 14.4 Å². The van der Waals surface area contributed by atoms with Gasteiger partial charge in [0.05, 0.1) is 12.7 Å². The third-order valence-corrected chi connectivity index (χ3v) is 4.46. The lowest BCUT2D eigenvalue weighted by Gasteiger charge is -2.50. The van der Waals surface area contributed by atoms with Crippen LogP contribution in [0.5, 0.6) is 0 Å². The number of carbonyl (C=O) groups is 3. The van der Waals surface area contributed by atoms with Crippen LogP contribution < -0.4 is 0 Å². The molecular weight excluding hydrogens is 358 g/mol. The lowest BCUT2D eigenvalue weighted by atomic mass is 9.83. The van der Waals surface area contributed by atoms with Crippen molar-refractivity contribution in [2.45, 2.75) is 24.5 Å². The molecule has 0 unspecified atom stereocenters. The quantitative estimate of drug-likeness (QED) is 0.553. The highest BCUT2D eigenvalue weighted by Crippen LogP contribution is 2.40. The molecule has 1 saturated heterocycles. The molecule has 1 fully saturated rings. The second-order valence-corrected chi connectivity index (χ2v) is 5.85. The molecule has 2 bridgehead atoms.